The van der Waals surface area contributed by atoms with Crippen LogP contribution in [0, 0.1) is 19.8 Å². The number of sulfonamides is 1. The largest absolute Gasteiger partial charge is 0.360 e. The van der Waals surface area contributed by atoms with Gasteiger partial charge in [0.05, 0.1) is 5.92 Å². The van der Waals surface area contributed by atoms with Crippen LogP contribution in [0.4, 0.5) is 0 Å². The monoisotopic (exact) mass is 445 g/mol. The number of amides is 1. The second-order valence-corrected chi connectivity index (χ2v) is 10.6. The Hall–Kier alpha value is -2.19. The fourth-order valence-electron chi connectivity index (χ4n) is 4.96. The topological polar surface area (TPSA) is 83.7 Å². The van der Waals surface area contributed by atoms with Crippen molar-refractivity contribution < 1.29 is 17.7 Å². The Bertz CT molecular complexity index is 999. The number of hydrogen-bond acceptors (Lipinski definition) is 5. The molecule has 0 saturated carbocycles. The summed E-state index contributed by atoms with van der Waals surface area (Å²) in [5, 5.41) is 3.80. The van der Waals surface area contributed by atoms with Crippen molar-refractivity contribution >= 4 is 15.9 Å². The maximum Gasteiger partial charge on any atom is 0.248 e. The van der Waals surface area contributed by atoms with Crippen LogP contribution in [0.3, 0.4) is 0 Å². The number of aromatic nitrogens is 1. The second kappa shape index (κ2) is 9.12. The SMILES string of the molecule is Cc1noc(C)c1S(=O)(=O)N1CCC[C@H](C(=O)N2CCCC[C@@H]2Cc2ccccc2)C1. The molecule has 0 N–H and O–H groups in total. The maximum atomic E-state index is 13.5. The van der Waals surface area contributed by atoms with Gasteiger partial charge in [0.25, 0.3) is 0 Å². The smallest absolute Gasteiger partial charge is 0.248 e. The Balaban J connectivity index is 1.50. The van der Waals surface area contributed by atoms with E-state index in [4.69, 9.17) is 4.52 Å². The van der Waals surface area contributed by atoms with Gasteiger partial charge in [-0.3, -0.25) is 4.79 Å². The summed E-state index contributed by atoms with van der Waals surface area (Å²) in [6.07, 6.45) is 5.37. The molecule has 7 nitrogen and oxygen atoms in total. The molecular weight excluding hydrogens is 414 g/mol. The van der Waals surface area contributed by atoms with Crippen LogP contribution in [0.5, 0.6) is 0 Å². The van der Waals surface area contributed by atoms with Gasteiger partial charge in [-0.25, -0.2) is 8.42 Å². The Morgan fingerprint density at radius 2 is 1.87 bits per heavy atom. The van der Waals surface area contributed by atoms with E-state index in [1.165, 1.54) is 9.87 Å². The number of carbonyl (C=O) groups excluding carboxylic acids is 1. The summed E-state index contributed by atoms with van der Waals surface area (Å²) in [5.41, 5.74) is 1.60. The molecule has 0 bridgehead atoms. The predicted octanol–water partition coefficient (Wildman–Crippen LogP) is 3.32. The second-order valence-electron chi connectivity index (χ2n) is 8.73. The zero-order valence-corrected chi connectivity index (χ0v) is 19.1. The maximum absolute atomic E-state index is 13.5. The van der Waals surface area contributed by atoms with Crippen molar-refractivity contribution in [2.75, 3.05) is 19.6 Å². The highest BCUT2D eigenvalue weighted by Gasteiger charge is 2.39. The van der Waals surface area contributed by atoms with Crippen LogP contribution < -0.4 is 0 Å². The Labute approximate surface area is 184 Å². The molecule has 2 aromatic rings. The van der Waals surface area contributed by atoms with Gasteiger partial charge in [-0.05, 0) is 57.9 Å². The molecule has 3 heterocycles. The summed E-state index contributed by atoms with van der Waals surface area (Å²) in [5.74, 6) is 0.0876. The lowest BCUT2D eigenvalue weighted by molar-refractivity contribution is -0.140. The van der Waals surface area contributed by atoms with Crippen molar-refractivity contribution in [3.8, 4) is 0 Å². The van der Waals surface area contributed by atoms with E-state index in [0.717, 1.165) is 38.6 Å². The molecule has 1 aromatic heterocycles. The van der Waals surface area contributed by atoms with Crippen LogP contribution in [0.1, 0.15) is 49.1 Å². The van der Waals surface area contributed by atoms with E-state index in [1.54, 1.807) is 13.8 Å². The molecule has 4 rings (SSSR count). The fourth-order valence-corrected chi connectivity index (χ4v) is 6.77. The molecular formula is C23H31N3O4S. The number of aryl methyl sites for hydroxylation is 2. The average molecular weight is 446 g/mol. The van der Waals surface area contributed by atoms with E-state index in [2.05, 4.69) is 17.3 Å². The van der Waals surface area contributed by atoms with Crippen LogP contribution in [-0.4, -0.2) is 54.4 Å². The third kappa shape index (κ3) is 4.55. The normalized spacial score (nSPS) is 23.1. The molecule has 1 aromatic carbocycles. The molecule has 2 atom stereocenters. The highest BCUT2D eigenvalue weighted by molar-refractivity contribution is 7.89. The summed E-state index contributed by atoms with van der Waals surface area (Å²) in [6, 6.07) is 10.5. The Kier molecular flexibility index (Phi) is 6.48. The van der Waals surface area contributed by atoms with Gasteiger partial charge in [-0.2, -0.15) is 4.31 Å². The van der Waals surface area contributed by atoms with Crippen LogP contribution >= 0.6 is 0 Å². The third-order valence-electron chi connectivity index (χ3n) is 6.52. The molecule has 1 amide bonds. The minimum absolute atomic E-state index is 0.0966. The summed E-state index contributed by atoms with van der Waals surface area (Å²) in [6.45, 7) is 4.64. The first-order chi connectivity index (χ1) is 14.9. The lowest BCUT2D eigenvalue weighted by atomic mass is 9.92. The van der Waals surface area contributed by atoms with Crippen LogP contribution in [0.15, 0.2) is 39.8 Å². The van der Waals surface area contributed by atoms with Gasteiger partial charge in [-0.1, -0.05) is 35.5 Å². The minimum atomic E-state index is -3.73. The summed E-state index contributed by atoms with van der Waals surface area (Å²) in [4.78, 5) is 15.7. The number of likely N-dealkylation sites (tertiary alicyclic amines) is 1. The predicted molar refractivity (Wildman–Crippen MR) is 117 cm³/mol. The Morgan fingerprint density at radius 3 is 2.58 bits per heavy atom. The van der Waals surface area contributed by atoms with E-state index in [9.17, 15) is 13.2 Å². The fraction of sp³-hybridized carbons (Fsp3) is 0.565. The van der Waals surface area contributed by atoms with Crippen molar-refractivity contribution in [3.05, 3.63) is 47.3 Å². The number of nitrogens with zero attached hydrogens (tertiary/aromatic N) is 3. The zero-order chi connectivity index (χ0) is 22.0. The van der Waals surface area contributed by atoms with E-state index in [0.29, 0.717) is 24.4 Å². The van der Waals surface area contributed by atoms with E-state index in [1.807, 2.05) is 23.1 Å². The quantitative estimate of drug-likeness (QED) is 0.705. The molecule has 0 aliphatic carbocycles. The molecule has 168 valence electrons. The van der Waals surface area contributed by atoms with Gasteiger partial charge in [0.1, 0.15) is 10.6 Å². The average Bonchev–Trinajstić information content (AvgIpc) is 3.13. The number of benzene rings is 1. The summed E-state index contributed by atoms with van der Waals surface area (Å²) >= 11 is 0. The number of rotatable bonds is 5. The highest BCUT2D eigenvalue weighted by Crippen LogP contribution is 2.30. The van der Waals surface area contributed by atoms with Crippen molar-refractivity contribution in [2.45, 2.75) is 63.3 Å². The minimum Gasteiger partial charge on any atom is -0.360 e. The molecule has 2 aliphatic heterocycles. The Morgan fingerprint density at radius 1 is 1.10 bits per heavy atom. The molecule has 2 aliphatic rings. The molecule has 0 unspecified atom stereocenters. The summed E-state index contributed by atoms with van der Waals surface area (Å²) < 4.78 is 33.0. The molecule has 2 saturated heterocycles. The summed E-state index contributed by atoms with van der Waals surface area (Å²) in [7, 11) is -3.73. The van der Waals surface area contributed by atoms with Crippen LogP contribution in [0.25, 0.3) is 0 Å². The van der Waals surface area contributed by atoms with E-state index >= 15 is 0 Å². The first-order valence-electron chi connectivity index (χ1n) is 11.2. The van der Waals surface area contributed by atoms with Crippen LogP contribution in [-0.2, 0) is 21.2 Å². The number of hydrogen-bond donors (Lipinski definition) is 0. The molecule has 31 heavy (non-hydrogen) atoms. The van der Waals surface area contributed by atoms with Crippen molar-refractivity contribution in [2.24, 2.45) is 5.92 Å². The van der Waals surface area contributed by atoms with Crippen molar-refractivity contribution in [1.82, 2.24) is 14.4 Å². The zero-order valence-electron chi connectivity index (χ0n) is 18.3. The van der Waals surface area contributed by atoms with Gasteiger partial charge in [-0.15, -0.1) is 0 Å². The van der Waals surface area contributed by atoms with Gasteiger partial charge >= 0.3 is 0 Å². The lowest BCUT2D eigenvalue weighted by Gasteiger charge is -2.40. The molecule has 0 spiro atoms. The lowest BCUT2D eigenvalue weighted by Crippen LogP contribution is -2.51. The van der Waals surface area contributed by atoms with Gasteiger partial charge in [0, 0.05) is 25.7 Å². The number of piperidine rings is 2. The third-order valence-corrected chi connectivity index (χ3v) is 8.63. The van der Waals surface area contributed by atoms with Gasteiger partial charge in [0.15, 0.2) is 5.76 Å². The number of carbonyl (C=O) groups is 1. The highest BCUT2D eigenvalue weighted by atomic mass is 32.2. The van der Waals surface area contributed by atoms with Gasteiger partial charge < -0.3 is 9.42 Å². The molecule has 0 radical (unpaired) electrons. The first-order valence-corrected chi connectivity index (χ1v) is 12.6. The van der Waals surface area contributed by atoms with E-state index in [-0.39, 0.29) is 29.3 Å². The standard InChI is InChI=1S/C23H31N3O4S/c1-17-22(18(2)30-24-17)31(28,29)25-13-8-11-20(16-25)23(27)26-14-7-6-12-21(26)15-19-9-4-3-5-10-19/h3-5,9-10,20-21H,6-8,11-16H2,1-2H3/t20-,21+/m0/s1. The van der Waals surface area contributed by atoms with Crippen molar-refractivity contribution in [1.29, 1.82) is 0 Å². The van der Waals surface area contributed by atoms with Crippen molar-refractivity contribution in [3.63, 3.8) is 0 Å². The van der Waals surface area contributed by atoms with Gasteiger partial charge in [0.2, 0.25) is 15.9 Å². The molecule has 2 fully saturated rings. The first kappa shape index (κ1) is 22.0. The molecule has 8 heteroatoms. The van der Waals surface area contributed by atoms with Crippen LogP contribution in [0.2, 0.25) is 0 Å². The van der Waals surface area contributed by atoms with E-state index < -0.39 is 10.0 Å².